The van der Waals surface area contributed by atoms with Gasteiger partial charge in [-0.3, -0.25) is 0 Å². The molecule has 0 radical (unpaired) electrons. The van der Waals surface area contributed by atoms with Gasteiger partial charge in [0, 0.05) is 13.1 Å². The predicted molar refractivity (Wildman–Crippen MR) is 75.0 cm³/mol. The summed E-state index contributed by atoms with van der Waals surface area (Å²) < 4.78 is 5.46. The molecule has 1 fully saturated rings. The minimum Gasteiger partial charge on any atom is -0.476 e. The molecule has 2 N–H and O–H groups in total. The molecule has 100 valence electrons. The molecule has 1 aliphatic rings. The number of rotatable bonds is 4. The molecule has 2 rings (SSSR count). The Bertz CT molecular complexity index is 395. The van der Waals surface area contributed by atoms with Crippen molar-refractivity contribution < 1.29 is 4.74 Å². The molecule has 0 amide bonds. The summed E-state index contributed by atoms with van der Waals surface area (Å²) in [5.74, 6) is 2.34. The molecule has 0 bridgehead atoms. The Balaban J connectivity index is 2.14. The van der Waals surface area contributed by atoms with Gasteiger partial charge in [-0.05, 0) is 37.8 Å². The van der Waals surface area contributed by atoms with Gasteiger partial charge in [0.25, 0.3) is 0 Å². The van der Waals surface area contributed by atoms with E-state index in [2.05, 4.69) is 16.8 Å². The first kappa shape index (κ1) is 13.0. The molecule has 4 heteroatoms. The van der Waals surface area contributed by atoms with Gasteiger partial charge in [0.05, 0.1) is 12.3 Å². The van der Waals surface area contributed by atoms with E-state index < -0.39 is 0 Å². The number of ether oxygens (including phenoxy) is 1. The Morgan fingerprint density at radius 3 is 3.00 bits per heavy atom. The van der Waals surface area contributed by atoms with E-state index in [-0.39, 0.29) is 0 Å². The van der Waals surface area contributed by atoms with Crippen molar-refractivity contribution >= 4 is 11.5 Å². The minimum absolute atomic E-state index is 0.564. The summed E-state index contributed by atoms with van der Waals surface area (Å²) in [7, 11) is 0. The number of pyridine rings is 1. The van der Waals surface area contributed by atoms with Crippen molar-refractivity contribution in [1.29, 1.82) is 0 Å². The van der Waals surface area contributed by atoms with Crippen LogP contribution in [0.2, 0.25) is 0 Å². The van der Waals surface area contributed by atoms with Crippen LogP contribution in [-0.2, 0) is 0 Å². The van der Waals surface area contributed by atoms with E-state index in [0.29, 0.717) is 18.2 Å². The highest BCUT2D eigenvalue weighted by Gasteiger charge is 2.20. The third-order valence-electron chi connectivity index (χ3n) is 3.58. The zero-order valence-corrected chi connectivity index (χ0v) is 11.4. The van der Waals surface area contributed by atoms with E-state index in [4.69, 9.17) is 10.5 Å². The maximum absolute atomic E-state index is 5.85. The van der Waals surface area contributed by atoms with E-state index >= 15 is 0 Å². The van der Waals surface area contributed by atoms with Crippen LogP contribution in [-0.4, -0.2) is 24.7 Å². The highest BCUT2D eigenvalue weighted by molar-refractivity contribution is 5.54. The molecule has 0 spiro atoms. The van der Waals surface area contributed by atoms with Crippen LogP contribution in [0, 0.1) is 5.92 Å². The van der Waals surface area contributed by atoms with Crippen molar-refractivity contribution in [3.63, 3.8) is 0 Å². The molecule has 1 saturated heterocycles. The zero-order valence-electron chi connectivity index (χ0n) is 11.4. The molecule has 1 aromatic heterocycles. The van der Waals surface area contributed by atoms with Gasteiger partial charge in [-0.1, -0.05) is 13.3 Å². The summed E-state index contributed by atoms with van der Waals surface area (Å²) in [4.78, 5) is 6.88. The third kappa shape index (κ3) is 2.86. The van der Waals surface area contributed by atoms with Crippen molar-refractivity contribution in [1.82, 2.24) is 4.98 Å². The highest BCUT2D eigenvalue weighted by Crippen LogP contribution is 2.27. The Morgan fingerprint density at radius 1 is 1.44 bits per heavy atom. The normalized spacial score (nSPS) is 19.9. The quantitative estimate of drug-likeness (QED) is 0.891. The van der Waals surface area contributed by atoms with Crippen molar-refractivity contribution in [3.8, 4) is 5.88 Å². The number of hydrogen-bond donors (Lipinski definition) is 1. The average molecular weight is 249 g/mol. The van der Waals surface area contributed by atoms with Crippen molar-refractivity contribution in [3.05, 3.63) is 12.1 Å². The van der Waals surface area contributed by atoms with E-state index in [9.17, 15) is 0 Å². The van der Waals surface area contributed by atoms with Crippen molar-refractivity contribution in [2.75, 3.05) is 30.3 Å². The van der Waals surface area contributed by atoms with Gasteiger partial charge in [0.1, 0.15) is 5.82 Å². The fourth-order valence-electron chi connectivity index (χ4n) is 2.48. The molecule has 2 heterocycles. The molecule has 0 aliphatic carbocycles. The third-order valence-corrected chi connectivity index (χ3v) is 3.58. The predicted octanol–water partition coefficient (Wildman–Crippen LogP) is 2.69. The first-order valence-corrected chi connectivity index (χ1v) is 6.88. The second-order valence-corrected chi connectivity index (χ2v) is 4.86. The number of piperidine rings is 1. The molecular weight excluding hydrogens is 226 g/mol. The lowest BCUT2D eigenvalue weighted by atomic mass is 9.96. The first-order chi connectivity index (χ1) is 8.74. The van der Waals surface area contributed by atoms with Crippen LogP contribution < -0.4 is 15.4 Å². The van der Waals surface area contributed by atoms with Gasteiger partial charge >= 0.3 is 0 Å². The van der Waals surface area contributed by atoms with E-state index in [1.54, 1.807) is 0 Å². The average Bonchev–Trinajstić information content (AvgIpc) is 2.41. The fraction of sp³-hybridized carbons (Fsp3) is 0.643. The Hall–Kier alpha value is -1.45. The summed E-state index contributed by atoms with van der Waals surface area (Å²) in [5.41, 5.74) is 6.47. The maximum Gasteiger partial charge on any atom is 0.239 e. The number of hydrogen-bond acceptors (Lipinski definition) is 4. The number of aromatic nitrogens is 1. The second-order valence-electron chi connectivity index (χ2n) is 4.86. The fourth-order valence-corrected chi connectivity index (χ4v) is 2.48. The van der Waals surface area contributed by atoms with Gasteiger partial charge in [-0.15, -0.1) is 0 Å². The number of nitrogen functional groups attached to an aromatic ring is 1. The molecule has 18 heavy (non-hydrogen) atoms. The van der Waals surface area contributed by atoms with Crippen LogP contribution in [0.1, 0.15) is 33.1 Å². The second kappa shape index (κ2) is 5.94. The number of nitrogens with two attached hydrogens (primary N) is 1. The molecule has 1 atom stereocenters. The number of anilines is 2. The minimum atomic E-state index is 0.564. The summed E-state index contributed by atoms with van der Waals surface area (Å²) in [6.45, 7) is 6.98. The largest absolute Gasteiger partial charge is 0.476 e. The smallest absolute Gasteiger partial charge is 0.239 e. The van der Waals surface area contributed by atoms with Gasteiger partial charge in [-0.2, -0.15) is 4.98 Å². The summed E-state index contributed by atoms with van der Waals surface area (Å²) in [6.07, 6.45) is 3.82. The van der Waals surface area contributed by atoms with Crippen LogP contribution in [0.3, 0.4) is 0 Å². The lowest BCUT2D eigenvalue weighted by molar-refractivity contribution is 0.328. The summed E-state index contributed by atoms with van der Waals surface area (Å²) >= 11 is 0. The lowest BCUT2D eigenvalue weighted by Crippen LogP contribution is -2.35. The topological polar surface area (TPSA) is 51.4 Å². The van der Waals surface area contributed by atoms with Gasteiger partial charge in [0.15, 0.2) is 0 Å². The van der Waals surface area contributed by atoms with Gasteiger partial charge in [-0.25, -0.2) is 0 Å². The molecule has 1 aliphatic heterocycles. The molecule has 1 aromatic rings. The van der Waals surface area contributed by atoms with E-state index in [0.717, 1.165) is 24.8 Å². The lowest BCUT2D eigenvalue weighted by Gasteiger charge is -2.33. The monoisotopic (exact) mass is 249 g/mol. The molecule has 0 saturated carbocycles. The summed E-state index contributed by atoms with van der Waals surface area (Å²) in [5, 5.41) is 0. The summed E-state index contributed by atoms with van der Waals surface area (Å²) in [6, 6.07) is 3.89. The van der Waals surface area contributed by atoms with Crippen LogP contribution >= 0.6 is 0 Å². The maximum atomic E-state index is 5.85. The molecule has 1 unspecified atom stereocenters. The Labute approximate surface area is 109 Å². The SMILES string of the molecule is CCOc1nc(N2CCCC(CC)C2)ccc1N. The Morgan fingerprint density at radius 2 is 2.28 bits per heavy atom. The van der Waals surface area contributed by atoms with Crippen LogP contribution in [0.15, 0.2) is 12.1 Å². The first-order valence-electron chi connectivity index (χ1n) is 6.88. The zero-order chi connectivity index (χ0) is 13.0. The van der Waals surface area contributed by atoms with E-state index in [1.807, 2.05) is 19.1 Å². The van der Waals surface area contributed by atoms with E-state index in [1.165, 1.54) is 19.3 Å². The van der Waals surface area contributed by atoms with Crippen LogP contribution in [0.4, 0.5) is 11.5 Å². The Kier molecular flexibility index (Phi) is 4.28. The van der Waals surface area contributed by atoms with Crippen molar-refractivity contribution in [2.45, 2.75) is 33.1 Å². The molecular formula is C14H23N3O. The van der Waals surface area contributed by atoms with Gasteiger partial charge < -0.3 is 15.4 Å². The standard InChI is InChI=1S/C14H23N3O/c1-3-11-6-5-9-17(10-11)13-8-7-12(15)14(16-13)18-4-2/h7-8,11H,3-6,9-10,15H2,1-2H3. The van der Waals surface area contributed by atoms with Crippen LogP contribution in [0.25, 0.3) is 0 Å². The van der Waals surface area contributed by atoms with Crippen molar-refractivity contribution in [2.24, 2.45) is 5.92 Å². The molecule has 0 aromatic carbocycles. The van der Waals surface area contributed by atoms with Crippen LogP contribution in [0.5, 0.6) is 5.88 Å². The molecule has 4 nitrogen and oxygen atoms in total. The van der Waals surface area contributed by atoms with Gasteiger partial charge in [0.2, 0.25) is 5.88 Å². The number of nitrogens with zero attached hydrogens (tertiary/aromatic N) is 2. The highest BCUT2D eigenvalue weighted by atomic mass is 16.5.